The summed E-state index contributed by atoms with van der Waals surface area (Å²) in [6.07, 6.45) is 8.77. The lowest BCUT2D eigenvalue weighted by Crippen LogP contribution is -2.44. The number of aliphatic hydroxyl groups is 1. The summed E-state index contributed by atoms with van der Waals surface area (Å²) in [5.41, 5.74) is 1.17. The molecule has 0 saturated heterocycles. The molecule has 6 nitrogen and oxygen atoms in total. The van der Waals surface area contributed by atoms with Crippen molar-refractivity contribution < 1.29 is 9.84 Å². The molecule has 0 amide bonds. The zero-order chi connectivity index (χ0) is 18.7. The normalized spacial score (nSPS) is 16.3. The highest BCUT2D eigenvalue weighted by molar-refractivity contribution is 14.0. The number of ether oxygens (including phenoxy) is 1. The van der Waals surface area contributed by atoms with Gasteiger partial charge in [-0.15, -0.1) is 24.0 Å². The number of aliphatic imine (C=N–C) groups is 1. The molecule has 1 saturated carbocycles. The number of hydrogen-bond acceptors (Lipinski definition) is 4. The van der Waals surface area contributed by atoms with Crippen LogP contribution in [0.15, 0.2) is 23.3 Å². The summed E-state index contributed by atoms with van der Waals surface area (Å²) < 4.78 is 5.58. The first-order valence-electron chi connectivity index (χ1n) is 9.93. The summed E-state index contributed by atoms with van der Waals surface area (Å²) in [4.78, 5) is 9.00. The van der Waals surface area contributed by atoms with E-state index in [0.717, 1.165) is 31.0 Å². The maximum absolute atomic E-state index is 9.49. The lowest BCUT2D eigenvalue weighted by molar-refractivity contribution is 0.131. The van der Waals surface area contributed by atoms with Gasteiger partial charge in [0.1, 0.15) is 0 Å². The minimum absolute atomic E-state index is 0. The fraction of sp³-hybridized carbons (Fsp3) is 0.700. The predicted octanol–water partition coefficient (Wildman–Crippen LogP) is 3.49. The number of pyridine rings is 1. The molecule has 0 radical (unpaired) electrons. The van der Waals surface area contributed by atoms with Gasteiger partial charge in [0.05, 0.1) is 13.2 Å². The number of hydrogen-bond donors (Lipinski definition) is 3. The molecule has 1 fully saturated rings. The summed E-state index contributed by atoms with van der Waals surface area (Å²) >= 11 is 0. The van der Waals surface area contributed by atoms with Gasteiger partial charge in [0.2, 0.25) is 5.88 Å². The molecule has 1 aliphatic rings. The molecular weight excluding hydrogens is 455 g/mol. The van der Waals surface area contributed by atoms with E-state index >= 15 is 0 Å². The minimum atomic E-state index is 0. The van der Waals surface area contributed by atoms with Gasteiger partial charge < -0.3 is 20.5 Å². The molecule has 1 aromatic heterocycles. The molecule has 0 unspecified atom stereocenters. The first-order chi connectivity index (χ1) is 12.7. The Morgan fingerprint density at radius 3 is 2.70 bits per heavy atom. The fourth-order valence-electron chi connectivity index (χ4n) is 3.64. The van der Waals surface area contributed by atoms with Crippen molar-refractivity contribution in [2.24, 2.45) is 10.4 Å². The van der Waals surface area contributed by atoms with Gasteiger partial charge in [0.25, 0.3) is 0 Å². The molecule has 2 rings (SSSR count). The summed E-state index contributed by atoms with van der Waals surface area (Å²) in [6, 6.07) is 3.91. The van der Waals surface area contributed by atoms with Crippen molar-refractivity contribution in [3.05, 3.63) is 23.9 Å². The van der Waals surface area contributed by atoms with Crippen molar-refractivity contribution in [3.8, 4) is 5.88 Å². The molecule has 0 aromatic carbocycles. The second-order valence-corrected chi connectivity index (χ2v) is 6.98. The Hall–Kier alpha value is -1.09. The maximum Gasteiger partial charge on any atom is 0.218 e. The Morgan fingerprint density at radius 1 is 1.26 bits per heavy atom. The zero-order valence-electron chi connectivity index (χ0n) is 16.7. The summed E-state index contributed by atoms with van der Waals surface area (Å²) in [6.45, 7) is 7.05. The quantitative estimate of drug-likeness (QED) is 0.281. The molecule has 7 heteroatoms. The Bertz CT molecular complexity index is 557. The third-order valence-corrected chi connectivity index (χ3v) is 5.07. The lowest BCUT2D eigenvalue weighted by Gasteiger charge is -2.37. The number of guanidine groups is 1. The highest BCUT2D eigenvalue weighted by Crippen LogP contribution is 2.38. The first kappa shape index (κ1) is 23.9. The third-order valence-electron chi connectivity index (χ3n) is 5.07. The summed E-state index contributed by atoms with van der Waals surface area (Å²) in [5.74, 6) is 1.46. The number of aromatic nitrogens is 1. The van der Waals surface area contributed by atoms with Crippen molar-refractivity contribution in [3.63, 3.8) is 0 Å². The van der Waals surface area contributed by atoms with Crippen LogP contribution in [0.25, 0.3) is 0 Å². The van der Waals surface area contributed by atoms with Gasteiger partial charge in [-0.25, -0.2) is 9.98 Å². The molecule has 1 aromatic rings. The first-order valence-corrected chi connectivity index (χ1v) is 9.93. The van der Waals surface area contributed by atoms with Crippen molar-refractivity contribution in [1.29, 1.82) is 0 Å². The Morgan fingerprint density at radius 2 is 2.04 bits per heavy atom. The van der Waals surface area contributed by atoms with Gasteiger partial charge in [0.15, 0.2) is 5.96 Å². The van der Waals surface area contributed by atoms with E-state index in [1.54, 1.807) is 6.20 Å². The average Bonchev–Trinajstić information content (AvgIpc) is 2.66. The van der Waals surface area contributed by atoms with E-state index in [2.05, 4.69) is 22.5 Å². The van der Waals surface area contributed by atoms with Crippen LogP contribution in [0.5, 0.6) is 5.88 Å². The lowest BCUT2D eigenvalue weighted by atomic mass is 9.72. The maximum atomic E-state index is 9.49. The van der Waals surface area contributed by atoms with E-state index in [1.165, 1.54) is 32.1 Å². The molecular formula is C20H35IN4O2. The number of rotatable bonds is 9. The van der Waals surface area contributed by atoms with Crippen LogP contribution in [0.2, 0.25) is 0 Å². The van der Waals surface area contributed by atoms with Crippen LogP contribution in [0.3, 0.4) is 0 Å². The Kier molecular flexibility index (Phi) is 11.7. The van der Waals surface area contributed by atoms with Gasteiger partial charge >= 0.3 is 0 Å². The number of aliphatic hydroxyl groups excluding tert-OH is 1. The molecule has 27 heavy (non-hydrogen) atoms. The molecule has 0 aliphatic heterocycles. The van der Waals surface area contributed by atoms with Crippen LogP contribution in [-0.2, 0) is 6.54 Å². The summed E-state index contributed by atoms with van der Waals surface area (Å²) in [5, 5.41) is 16.3. The van der Waals surface area contributed by atoms with Gasteiger partial charge in [-0.3, -0.25) is 0 Å². The second-order valence-electron chi connectivity index (χ2n) is 6.98. The monoisotopic (exact) mass is 490 g/mol. The van der Waals surface area contributed by atoms with Crippen LogP contribution in [0.1, 0.15) is 57.9 Å². The molecule has 1 aliphatic carbocycles. The molecule has 3 N–H and O–H groups in total. The highest BCUT2D eigenvalue weighted by atomic mass is 127. The summed E-state index contributed by atoms with van der Waals surface area (Å²) in [7, 11) is 0. The minimum Gasteiger partial charge on any atom is -0.478 e. The van der Waals surface area contributed by atoms with Gasteiger partial charge in [-0.2, -0.15) is 0 Å². The van der Waals surface area contributed by atoms with Gasteiger partial charge in [-0.05, 0) is 44.6 Å². The van der Waals surface area contributed by atoms with E-state index in [0.29, 0.717) is 19.0 Å². The fourth-order valence-corrected chi connectivity index (χ4v) is 3.64. The molecule has 154 valence electrons. The van der Waals surface area contributed by atoms with E-state index < -0.39 is 0 Å². The van der Waals surface area contributed by atoms with Gasteiger partial charge in [0, 0.05) is 31.5 Å². The molecule has 1 heterocycles. The van der Waals surface area contributed by atoms with Crippen LogP contribution in [0, 0.1) is 5.41 Å². The SMILES string of the molecule is CCNC(=NCc1cccnc1OCC)NCC1(CCO)CCCCC1.I. The molecule has 0 spiro atoms. The standard InChI is InChI=1S/C20H34N4O2.HI/c1-3-21-19(23-15-17-9-8-13-22-18(17)26-4-2)24-16-20(12-14-25)10-6-5-7-11-20;/h8-9,13,25H,3-7,10-12,14-16H2,1-2H3,(H2,21,23,24);1H. The Balaban J connectivity index is 0.00000364. The molecule has 0 atom stereocenters. The third kappa shape index (κ3) is 7.81. The largest absolute Gasteiger partial charge is 0.478 e. The number of nitrogens with zero attached hydrogens (tertiary/aromatic N) is 2. The van der Waals surface area contributed by atoms with Crippen LogP contribution in [0.4, 0.5) is 0 Å². The smallest absolute Gasteiger partial charge is 0.218 e. The zero-order valence-corrected chi connectivity index (χ0v) is 19.0. The van der Waals surface area contributed by atoms with E-state index in [-0.39, 0.29) is 36.0 Å². The number of nitrogens with one attached hydrogen (secondary N) is 2. The molecule has 0 bridgehead atoms. The van der Waals surface area contributed by atoms with Crippen LogP contribution in [-0.4, -0.2) is 42.4 Å². The highest BCUT2D eigenvalue weighted by Gasteiger charge is 2.31. The van der Waals surface area contributed by atoms with Crippen molar-refractivity contribution in [2.75, 3.05) is 26.3 Å². The Labute approximate surface area is 180 Å². The average molecular weight is 490 g/mol. The topological polar surface area (TPSA) is 78.8 Å². The predicted molar refractivity (Wildman–Crippen MR) is 121 cm³/mol. The van der Waals surface area contributed by atoms with Crippen LogP contribution < -0.4 is 15.4 Å². The van der Waals surface area contributed by atoms with Gasteiger partial charge in [-0.1, -0.05) is 25.3 Å². The van der Waals surface area contributed by atoms with E-state index in [9.17, 15) is 5.11 Å². The van der Waals surface area contributed by atoms with Crippen molar-refractivity contribution >= 4 is 29.9 Å². The second kappa shape index (κ2) is 13.1. The van der Waals surface area contributed by atoms with Crippen molar-refractivity contribution in [1.82, 2.24) is 15.6 Å². The number of halogens is 1. The van der Waals surface area contributed by atoms with Crippen LogP contribution >= 0.6 is 24.0 Å². The van der Waals surface area contributed by atoms with E-state index in [4.69, 9.17) is 9.73 Å². The van der Waals surface area contributed by atoms with Crippen molar-refractivity contribution in [2.45, 2.75) is 58.9 Å². The van der Waals surface area contributed by atoms with E-state index in [1.807, 2.05) is 19.1 Å².